The van der Waals surface area contributed by atoms with Crippen LogP contribution in [0.1, 0.15) is 35.6 Å². The van der Waals surface area contributed by atoms with Crippen LogP contribution in [0.25, 0.3) is 0 Å². The average Bonchev–Trinajstić information content (AvgIpc) is 2.82. The lowest BCUT2D eigenvalue weighted by Crippen LogP contribution is -2.40. The molecule has 1 aromatic rings. The molecular formula is C17H27N3O. The number of likely N-dealkylation sites (tertiary alicyclic amines) is 1. The molecule has 1 saturated heterocycles. The van der Waals surface area contributed by atoms with Crippen molar-refractivity contribution in [2.75, 3.05) is 19.6 Å². The highest BCUT2D eigenvalue weighted by Crippen LogP contribution is 2.18. The minimum Gasteiger partial charge on any atom is -0.391 e. The van der Waals surface area contributed by atoms with Gasteiger partial charge in [0.2, 0.25) is 0 Å². The number of benzene rings is 1. The molecule has 1 fully saturated rings. The topological polar surface area (TPSA) is 47.9 Å². The first-order valence-corrected chi connectivity index (χ1v) is 7.79. The number of rotatable bonds is 3. The Morgan fingerprint density at radius 2 is 2.00 bits per heavy atom. The van der Waals surface area contributed by atoms with E-state index >= 15 is 0 Å². The second-order valence-electron chi connectivity index (χ2n) is 5.94. The second kappa shape index (κ2) is 6.94. The molecule has 21 heavy (non-hydrogen) atoms. The quantitative estimate of drug-likeness (QED) is 0.662. The molecule has 0 spiro atoms. The van der Waals surface area contributed by atoms with Crippen LogP contribution < -0.4 is 5.32 Å². The van der Waals surface area contributed by atoms with Crippen LogP contribution in [0.15, 0.2) is 17.1 Å². The van der Waals surface area contributed by atoms with Gasteiger partial charge < -0.3 is 15.3 Å². The van der Waals surface area contributed by atoms with Gasteiger partial charge in [-0.2, -0.15) is 0 Å². The summed E-state index contributed by atoms with van der Waals surface area (Å²) in [5.74, 6) is 0.911. The van der Waals surface area contributed by atoms with E-state index in [4.69, 9.17) is 4.99 Å². The summed E-state index contributed by atoms with van der Waals surface area (Å²) in [5.41, 5.74) is 5.20. The van der Waals surface area contributed by atoms with Crippen LogP contribution in [0, 0.1) is 20.8 Å². The lowest BCUT2D eigenvalue weighted by Gasteiger charge is -2.21. The van der Waals surface area contributed by atoms with Gasteiger partial charge in [0.25, 0.3) is 0 Å². The number of aliphatic hydroxyl groups is 1. The van der Waals surface area contributed by atoms with Crippen LogP contribution in [0.4, 0.5) is 0 Å². The molecule has 1 aliphatic heterocycles. The van der Waals surface area contributed by atoms with Gasteiger partial charge in [-0.05, 0) is 50.8 Å². The van der Waals surface area contributed by atoms with Crippen LogP contribution in [0.3, 0.4) is 0 Å². The zero-order chi connectivity index (χ0) is 15.4. The van der Waals surface area contributed by atoms with Gasteiger partial charge in [-0.1, -0.05) is 17.7 Å². The molecule has 0 bridgehead atoms. The van der Waals surface area contributed by atoms with E-state index < -0.39 is 0 Å². The predicted octanol–water partition coefficient (Wildman–Crippen LogP) is 2.14. The van der Waals surface area contributed by atoms with Crippen molar-refractivity contribution in [1.82, 2.24) is 10.2 Å². The van der Waals surface area contributed by atoms with Crippen molar-refractivity contribution in [2.45, 2.75) is 46.8 Å². The summed E-state index contributed by atoms with van der Waals surface area (Å²) in [7, 11) is 0. The van der Waals surface area contributed by atoms with Crippen LogP contribution in [-0.4, -0.2) is 41.7 Å². The fraction of sp³-hybridized carbons (Fsp3) is 0.588. The average molecular weight is 289 g/mol. The summed E-state index contributed by atoms with van der Waals surface area (Å²) in [6.45, 7) is 11.6. The van der Waals surface area contributed by atoms with Gasteiger partial charge in [-0.3, -0.25) is 0 Å². The van der Waals surface area contributed by atoms with E-state index in [-0.39, 0.29) is 6.10 Å². The summed E-state index contributed by atoms with van der Waals surface area (Å²) in [4.78, 5) is 6.92. The molecule has 0 unspecified atom stereocenters. The number of hydrogen-bond donors (Lipinski definition) is 2. The summed E-state index contributed by atoms with van der Waals surface area (Å²) >= 11 is 0. The van der Waals surface area contributed by atoms with E-state index in [2.05, 4.69) is 50.0 Å². The van der Waals surface area contributed by atoms with E-state index in [1.165, 1.54) is 22.3 Å². The molecule has 2 N–H and O–H groups in total. The monoisotopic (exact) mass is 289 g/mol. The summed E-state index contributed by atoms with van der Waals surface area (Å²) in [5, 5.41) is 13.0. The highest BCUT2D eigenvalue weighted by Gasteiger charge is 2.22. The molecule has 0 amide bonds. The van der Waals surface area contributed by atoms with E-state index in [0.29, 0.717) is 13.1 Å². The van der Waals surface area contributed by atoms with Crippen molar-refractivity contribution >= 4 is 5.96 Å². The van der Waals surface area contributed by atoms with Gasteiger partial charge in [0.05, 0.1) is 12.6 Å². The number of β-amino-alcohol motifs (C(OH)–C–C–N with tert-alkyl or cyclic N) is 1. The molecule has 2 rings (SSSR count). The van der Waals surface area contributed by atoms with Crippen molar-refractivity contribution in [2.24, 2.45) is 4.99 Å². The predicted molar refractivity (Wildman–Crippen MR) is 87.7 cm³/mol. The minimum atomic E-state index is -0.225. The number of guanidine groups is 1. The van der Waals surface area contributed by atoms with Gasteiger partial charge >= 0.3 is 0 Å². The highest BCUT2D eigenvalue weighted by molar-refractivity contribution is 5.80. The molecule has 1 aromatic carbocycles. The lowest BCUT2D eigenvalue weighted by molar-refractivity contribution is 0.188. The molecule has 1 atom stereocenters. The van der Waals surface area contributed by atoms with Crippen molar-refractivity contribution in [3.05, 3.63) is 34.4 Å². The molecule has 0 aliphatic carbocycles. The highest BCUT2D eigenvalue weighted by atomic mass is 16.3. The summed E-state index contributed by atoms with van der Waals surface area (Å²) < 4.78 is 0. The first kappa shape index (κ1) is 15.8. The number of nitrogens with one attached hydrogen (secondary N) is 1. The Balaban J connectivity index is 2.16. The van der Waals surface area contributed by atoms with Crippen LogP contribution >= 0.6 is 0 Å². The Hall–Kier alpha value is -1.55. The standard InChI is InChI=1S/C17H27N3O/c1-5-18-17(20-7-6-15(21)11-20)19-10-16-13(3)8-12(2)9-14(16)4/h8-9,15,21H,5-7,10-11H2,1-4H3,(H,18,19)/t15-/m1/s1. The number of nitrogens with zero attached hydrogens (tertiary/aromatic N) is 2. The molecule has 0 aromatic heterocycles. The van der Waals surface area contributed by atoms with Gasteiger partial charge in [-0.25, -0.2) is 4.99 Å². The largest absolute Gasteiger partial charge is 0.391 e. The maximum Gasteiger partial charge on any atom is 0.194 e. The zero-order valence-corrected chi connectivity index (χ0v) is 13.6. The molecule has 116 valence electrons. The van der Waals surface area contributed by atoms with Crippen molar-refractivity contribution < 1.29 is 5.11 Å². The summed E-state index contributed by atoms with van der Waals surface area (Å²) in [6, 6.07) is 4.43. The Kier molecular flexibility index (Phi) is 5.23. The molecule has 1 aliphatic rings. The first-order chi connectivity index (χ1) is 10.0. The number of hydrogen-bond acceptors (Lipinski definition) is 2. The summed E-state index contributed by atoms with van der Waals surface area (Å²) in [6.07, 6.45) is 0.601. The number of aryl methyl sites for hydroxylation is 3. The maximum atomic E-state index is 9.70. The van der Waals surface area contributed by atoms with E-state index in [0.717, 1.165) is 25.5 Å². The van der Waals surface area contributed by atoms with Gasteiger partial charge in [0, 0.05) is 19.6 Å². The Bertz CT molecular complexity index is 502. The lowest BCUT2D eigenvalue weighted by atomic mass is 10.00. The van der Waals surface area contributed by atoms with Crippen LogP contribution in [0.2, 0.25) is 0 Å². The molecule has 0 radical (unpaired) electrons. The van der Waals surface area contributed by atoms with E-state index in [9.17, 15) is 5.11 Å². The molecular weight excluding hydrogens is 262 g/mol. The number of aliphatic hydroxyl groups excluding tert-OH is 1. The number of aliphatic imine (C=N–C) groups is 1. The molecule has 4 heteroatoms. The maximum absolute atomic E-state index is 9.70. The SMILES string of the molecule is CCNC(=NCc1c(C)cc(C)cc1C)N1CC[C@@H](O)C1. The Morgan fingerprint density at radius 3 is 2.52 bits per heavy atom. The van der Waals surface area contributed by atoms with E-state index in [1.54, 1.807) is 0 Å². The molecule has 1 heterocycles. The zero-order valence-electron chi connectivity index (χ0n) is 13.6. The van der Waals surface area contributed by atoms with Crippen LogP contribution in [-0.2, 0) is 6.54 Å². The van der Waals surface area contributed by atoms with E-state index in [1.807, 2.05) is 0 Å². The van der Waals surface area contributed by atoms with Gasteiger partial charge in [-0.15, -0.1) is 0 Å². The Labute approximate surface area is 127 Å². The van der Waals surface area contributed by atoms with Crippen LogP contribution in [0.5, 0.6) is 0 Å². The van der Waals surface area contributed by atoms with Gasteiger partial charge in [0.1, 0.15) is 0 Å². The third-order valence-electron chi connectivity index (χ3n) is 4.03. The van der Waals surface area contributed by atoms with Crippen molar-refractivity contribution in [3.8, 4) is 0 Å². The third kappa shape index (κ3) is 3.97. The fourth-order valence-corrected chi connectivity index (χ4v) is 2.97. The van der Waals surface area contributed by atoms with Crippen molar-refractivity contribution in [1.29, 1.82) is 0 Å². The van der Waals surface area contributed by atoms with Gasteiger partial charge in [0.15, 0.2) is 5.96 Å². The Morgan fingerprint density at radius 1 is 1.33 bits per heavy atom. The van der Waals surface area contributed by atoms with Crippen molar-refractivity contribution in [3.63, 3.8) is 0 Å². The first-order valence-electron chi connectivity index (χ1n) is 7.79. The normalized spacial score (nSPS) is 19.2. The second-order valence-corrected chi connectivity index (χ2v) is 5.94. The minimum absolute atomic E-state index is 0.225. The molecule has 4 nitrogen and oxygen atoms in total. The smallest absolute Gasteiger partial charge is 0.194 e. The fourth-order valence-electron chi connectivity index (χ4n) is 2.97. The molecule has 0 saturated carbocycles. The third-order valence-corrected chi connectivity index (χ3v) is 4.03.